The van der Waals surface area contributed by atoms with E-state index in [-0.39, 0.29) is 23.9 Å². The monoisotopic (exact) mass is 336 g/mol. The number of benzene rings is 2. The topological polar surface area (TPSA) is 72.0 Å². The molecule has 0 aliphatic heterocycles. The van der Waals surface area contributed by atoms with Gasteiger partial charge in [0.2, 0.25) is 0 Å². The summed E-state index contributed by atoms with van der Waals surface area (Å²) in [5.74, 6) is 0.0913. The maximum absolute atomic E-state index is 12.2. The van der Waals surface area contributed by atoms with Crippen LogP contribution in [-0.4, -0.2) is 15.9 Å². The lowest BCUT2D eigenvalue weighted by molar-refractivity contribution is -0.149. The van der Waals surface area contributed by atoms with Crippen molar-refractivity contribution in [1.82, 2.24) is 9.97 Å². The molecular formula is C20H20N2O3. The minimum atomic E-state index is -0.618. The number of H-pyrrole nitrogens is 1. The second kappa shape index (κ2) is 7.30. The SMILES string of the molecule is C[C@H](CC(=O)O[C@@H](C)c1nc2ccccc2c(=O)[nH]1)c1ccccc1. The molecule has 3 rings (SSSR count). The smallest absolute Gasteiger partial charge is 0.307 e. The molecule has 0 spiro atoms. The number of aromatic amines is 1. The number of carbonyl (C=O) groups is 1. The van der Waals surface area contributed by atoms with Crippen molar-refractivity contribution in [2.75, 3.05) is 0 Å². The van der Waals surface area contributed by atoms with Crippen LogP contribution in [0.4, 0.5) is 0 Å². The number of aromatic nitrogens is 2. The highest BCUT2D eigenvalue weighted by molar-refractivity contribution is 5.77. The molecule has 2 atom stereocenters. The molecule has 25 heavy (non-hydrogen) atoms. The van der Waals surface area contributed by atoms with Gasteiger partial charge in [0.15, 0.2) is 11.9 Å². The van der Waals surface area contributed by atoms with Crippen LogP contribution in [0.5, 0.6) is 0 Å². The average Bonchev–Trinajstić information content (AvgIpc) is 2.62. The first kappa shape index (κ1) is 16.9. The molecule has 0 aliphatic rings. The zero-order valence-electron chi connectivity index (χ0n) is 14.2. The molecule has 0 saturated heterocycles. The summed E-state index contributed by atoms with van der Waals surface area (Å²) in [6.07, 6.45) is -0.348. The van der Waals surface area contributed by atoms with Gasteiger partial charge in [-0.3, -0.25) is 9.59 Å². The van der Waals surface area contributed by atoms with E-state index in [0.717, 1.165) is 5.56 Å². The molecule has 0 radical (unpaired) electrons. The number of fused-ring (bicyclic) bond motifs is 1. The van der Waals surface area contributed by atoms with E-state index >= 15 is 0 Å². The lowest BCUT2D eigenvalue weighted by Crippen LogP contribution is -2.18. The van der Waals surface area contributed by atoms with E-state index in [1.807, 2.05) is 43.3 Å². The summed E-state index contributed by atoms with van der Waals surface area (Å²) in [6, 6.07) is 16.9. The van der Waals surface area contributed by atoms with Gasteiger partial charge in [0.05, 0.1) is 17.3 Å². The third-order valence-corrected chi connectivity index (χ3v) is 4.17. The molecule has 0 fully saturated rings. The van der Waals surface area contributed by atoms with Crippen LogP contribution in [0.2, 0.25) is 0 Å². The molecule has 3 aromatic rings. The van der Waals surface area contributed by atoms with Gasteiger partial charge in [0.1, 0.15) is 0 Å². The van der Waals surface area contributed by atoms with Gasteiger partial charge in [-0.15, -0.1) is 0 Å². The molecule has 1 aromatic heterocycles. The third-order valence-electron chi connectivity index (χ3n) is 4.17. The average molecular weight is 336 g/mol. The summed E-state index contributed by atoms with van der Waals surface area (Å²) in [4.78, 5) is 31.4. The Hall–Kier alpha value is -2.95. The highest BCUT2D eigenvalue weighted by Crippen LogP contribution is 2.21. The third kappa shape index (κ3) is 3.94. The zero-order chi connectivity index (χ0) is 17.8. The summed E-state index contributed by atoms with van der Waals surface area (Å²) >= 11 is 0. The molecule has 0 bridgehead atoms. The molecule has 128 valence electrons. The molecule has 0 saturated carbocycles. The number of para-hydroxylation sites is 1. The fraction of sp³-hybridized carbons (Fsp3) is 0.250. The highest BCUT2D eigenvalue weighted by Gasteiger charge is 2.18. The van der Waals surface area contributed by atoms with E-state index in [4.69, 9.17) is 4.74 Å². The first-order valence-electron chi connectivity index (χ1n) is 8.28. The Morgan fingerprint density at radius 3 is 2.52 bits per heavy atom. The van der Waals surface area contributed by atoms with E-state index in [1.165, 1.54) is 0 Å². The molecule has 1 heterocycles. The normalized spacial score (nSPS) is 13.4. The maximum atomic E-state index is 12.2. The Kier molecular flexibility index (Phi) is 4.93. The van der Waals surface area contributed by atoms with Gasteiger partial charge in [-0.05, 0) is 30.5 Å². The molecule has 5 nitrogen and oxygen atoms in total. The fourth-order valence-electron chi connectivity index (χ4n) is 2.75. The van der Waals surface area contributed by atoms with Crippen LogP contribution in [0.1, 0.15) is 43.7 Å². The van der Waals surface area contributed by atoms with Crippen molar-refractivity contribution in [3.05, 3.63) is 76.3 Å². The van der Waals surface area contributed by atoms with Crippen molar-refractivity contribution in [1.29, 1.82) is 0 Å². The van der Waals surface area contributed by atoms with Crippen LogP contribution in [0.15, 0.2) is 59.4 Å². The number of carbonyl (C=O) groups excluding carboxylic acids is 1. The summed E-state index contributed by atoms with van der Waals surface area (Å²) in [7, 11) is 0. The van der Waals surface area contributed by atoms with Crippen molar-refractivity contribution in [2.45, 2.75) is 32.3 Å². The van der Waals surface area contributed by atoms with E-state index in [0.29, 0.717) is 16.7 Å². The fourth-order valence-corrected chi connectivity index (χ4v) is 2.75. The molecule has 2 aromatic carbocycles. The van der Waals surface area contributed by atoms with Gasteiger partial charge >= 0.3 is 5.97 Å². The minimum Gasteiger partial charge on any atom is -0.454 e. The standard InChI is InChI=1S/C20H20N2O3/c1-13(15-8-4-3-5-9-15)12-18(23)25-14(2)19-21-17-11-7-6-10-16(17)20(24)22-19/h3-11,13-14H,12H2,1-2H3,(H,21,22,24)/t13-,14+/m1/s1. The van der Waals surface area contributed by atoms with E-state index < -0.39 is 6.10 Å². The van der Waals surface area contributed by atoms with Crippen LogP contribution in [0.3, 0.4) is 0 Å². The zero-order valence-corrected chi connectivity index (χ0v) is 14.2. The quantitative estimate of drug-likeness (QED) is 0.721. The van der Waals surface area contributed by atoms with Gasteiger partial charge in [0, 0.05) is 0 Å². The number of hydrogen-bond donors (Lipinski definition) is 1. The number of hydrogen-bond acceptors (Lipinski definition) is 4. The number of esters is 1. The Morgan fingerprint density at radius 2 is 1.76 bits per heavy atom. The van der Waals surface area contributed by atoms with Crippen LogP contribution < -0.4 is 5.56 Å². The van der Waals surface area contributed by atoms with Crippen molar-refractivity contribution in [3.8, 4) is 0 Å². The van der Waals surface area contributed by atoms with Crippen LogP contribution in [0, 0.1) is 0 Å². The molecule has 0 aliphatic carbocycles. The maximum Gasteiger partial charge on any atom is 0.307 e. The second-order valence-electron chi connectivity index (χ2n) is 6.12. The molecule has 5 heteroatoms. The predicted molar refractivity (Wildman–Crippen MR) is 96.3 cm³/mol. The van der Waals surface area contributed by atoms with Crippen LogP contribution in [0.25, 0.3) is 10.9 Å². The van der Waals surface area contributed by atoms with Gasteiger partial charge < -0.3 is 9.72 Å². The number of ether oxygens (including phenoxy) is 1. The first-order valence-corrected chi connectivity index (χ1v) is 8.28. The van der Waals surface area contributed by atoms with E-state index in [9.17, 15) is 9.59 Å². The van der Waals surface area contributed by atoms with E-state index in [2.05, 4.69) is 9.97 Å². The Morgan fingerprint density at radius 1 is 1.08 bits per heavy atom. The van der Waals surface area contributed by atoms with Gasteiger partial charge in [-0.25, -0.2) is 4.98 Å². The predicted octanol–water partition coefficient (Wildman–Crippen LogP) is 3.72. The lowest BCUT2D eigenvalue weighted by atomic mass is 9.98. The van der Waals surface area contributed by atoms with Crippen molar-refractivity contribution < 1.29 is 9.53 Å². The van der Waals surface area contributed by atoms with Gasteiger partial charge in [-0.1, -0.05) is 49.4 Å². The molecule has 1 N–H and O–H groups in total. The molecular weight excluding hydrogens is 316 g/mol. The number of nitrogens with zero attached hydrogens (tertiary/aromatic N) is 1. The highest BCUT2D eigenvalue weighted by atomic mass is 16.5. The van der Waals surface area contributed by atoms with Crippen molar-refractivity contribution in [2.24, 2.45) is 0 Å². The number of rotatable bonds is 5. The Bertz CT molecular complexity index is 934. The Labute approximate surface area is 145 Å². The largest absolute Gasteiger partial charge is 0.454 e. The van der Waals surface area contributed by atoms with Gasteiger partial charge in [-0.2, -0.15) is 0 Å². The first-order chi connectivity index (χ1) is 12.0. The summed E-state index contributed by atoms with van der Waals surface area (Å²) < 4.78 is 5.46. The van der Waals surface area contributed by atoms with Crippen molar-refractivity contribution in [3.63, 3.8) is 0 Å². The minimum absolute atomic E-state index is 0.0597. The van der Waals surface area contributed by atoms with Crippen LogP contribution in [-0.2, 0) is 9.53 Å². The van der Waals surface area contributed by atoms with Crippen molar-refractivity contribution >= 4 is 16.9 Å². The number of nitrogens with one attached hydrogen (secondary N) is 1. The summed E-state index contributed by atoms with van der Waals surface area (Å²) in [5, 5.41) is 0.516. The summed E-state index contributed by atoms with van der Waals surface area (Å²) in [5.41, 5.74) is 1.44. The molecule has 0 amide bonds. The second-order valence-corrected chi connectivity index (χ2v) is 6.12. The summed E-state index contributed by atoms with van der Waals surface area (Å²) in [6.45, 7) is 3.69. The van der Waals surface area contributed by atoms with Gasteiger partial charge in [0.25, 0.3) is 5.56 Å². The van der Waals surface area contributed by atoms with E-state index in [1.54, 1.807) is 25.1 Å². The molecule has 0 unspecified atom stereocenters. The Balaban J connectivity index is 1.70. The van der Waals surface area contributed by atoms with Crippen LogP contribution >= 0.6 is 0 Å². The lowest BCUT2D eigenvalue weighted by Gasteiger charge is -2.15.